The lowest BCUT2D eigenvalue weighted by Gasteiger charge is -2.09. The average molecular weight is 120 g/mol. The van der Waals surface area contributed by atoms with Gasteiger partial charge in [0.1, 0.15) is 0 Å². The Kier molecular flexibility index (Phi) is 3.48. The third-order valence-electron chi connectivity index (χ3n) is 1.05. The second kappa shape index (κ2) is 3.33. The van der Waals surface area contributed by atoms with Gasteiger partial charge in [0, 0.05) is 5.25 Å². The Morgan fingerprint density at radius 2 is 1.86 bits per heavy atom. The molecule has 7 heavy (non-hydrogen) atoms. The predicted octanol–water partition coefficient (Wildman–Crippen LogP) is 1.12. The van der Waals surface area contributed by atoms with E-state index in [0.29, 0.717) is 5.25 Å². The van der Waals surface area contributed by atoms with Crippen molar-refractivity contribution in [1.82, 2.24) is 0 Å². The van der Waals surface area contributed by atoms with Gasteiger partial charge in [-0.15, -0.1) is 0 Å². The molecule has 0 aliphatic rings. The first-order chi connectivity index (χ1) is 3.18. The highest BCUT2D eigenvalue weighted by atomic mass is 32.2. The Labute approximate surface area is 49.1 Å². The highest BCUT2D eigenvalue weighted by molar-refractivity contribution is 7.99. The van der Waals surface area contributed by atoms with E-state index in [1.165, 1.54) is 0 Å². The summed E-state index contributed by atoms with van der Waals surface area (Å²) in [5, 5.41) is 9.18. The first kappa shape index (κ1) is 7.31. The number of hydrogen-bond acceptors (Lipinski definition) is 2. The molecule has 0 aliphatic carbocycles. The van der Waals surface area contributed by atoms with E-state index in [1.54, 1.807) is 18.7 Å². The maximum atomic E-state index is 8.80. The molecule has 1 N–H and O–H groups in total. The molecule has 0 rings (SSSR count). The van der Waals surface area contributed by atoms with Crippen LogP contribution in [0.15, 0.2) is 0 Å². The van der Waals surface area contributed by atoms with Crippen molar-refractivity contribution < 1.29 is 5.11 Å². The number of thioether (sulfide) groups is 1. The van der Waals surface area contributed by atoms with Crippen molar-refractivity contribution in [2.45, 2.75) is 25.2 Å². The zero-order valence-electron chi connectivity index (χ0n) is 5.01. The molecule has 0 amide bonds. The third-order valence-corrected chi connectivity index (χ3v) is 2.19. The molecule has 0 bridgehead atoms. The minimum atomic E-state index is -0.171. The van der Waals surface area contributed by atoms with Gasteiger partial charge in [-0.2, -0.15) is 11.8 Å². The normalized spacial score (nSPS) is 18.9. The number of rotatable bonds is 2. The summed E-state index contributed by atoms with van der Waals surface area (Å²) in [6.45, 7) is 3.82. The summed E-state index contributed by atoms with van der Waals surface area (Å²) in [5.74, 6) is 0. The van der Waals surface area contributed by atoms with Gasteiger partial charge < -0.3 is 5.11 Å². The van der Waals surface area contributed by atoms with Gasteiger partial charge in [-0.25, -0.2) is 0 Å². The first-order valence-corrected chi connectivity index (χ1v) is 3.68. The zero-order chi connectivity index (χ0) is 5.86. The molecular formula is C5H12OS. The third kappa shape index (κ3) is 2.94. The van der Waals surface area contributed by atoms with E-state index in [4.69, 9.17) is 5.11 Å². The quantitative estimate of drug-likeness (QED) is 0.589. The van der Waals surface area contributed by atoms with Crippen LogP contribution in [-0.2, 0) is 0 Å². The zero-order valence-corrected chi connectivity index (χ0v) is 5.83. The van der Waals surface area contributed by atoms with Gasteiger partial charge in [0.15, 0.2) is 0 Å². The summed E-state index contributed by atoms with van der Waals surface area (Å²) in [7, 11) is 0. The SMILES string of the molecule is CS[C@H](C)[C@@H](C)O. The van der Waals surface area contributed by atoms with Crippen molar-refractivity contribution in [2.24, 2.45) is 0 Å². The van der Waals surface area contributed by atoms with Crippen LogP contribution in [0.3, 0.4) is 0 Å². The Hall–Kier alpha value is 0.310. The van der Waals surface area contributed by atoms with Crippen molar-refractivity contribution in [2.75, 3.05) is 6.26 Å². The van der Waals surface area contributed by atoms with Crippen LogP contribution in [0.1, 0.15) is 13.8 Å². The van der Waals surface area contributed by atoms with Crippen LogP contribution in [-0.4, -0.2) is 22.7 Å². The van der Waals surface area contributed by atoms with E-state index in [2.05, 4.69) is 0 Å². The number of aliphatic hydroxyl groups excluding tert-OH is 1. The predicted molar refractivity (Wildman–Crippen MR) is 34.7 cm³/mol. The maximum absolute atomic E-state index is 8.80. The molecule has 0 fully saturated rings. The van der Waals surface area contributed by atoms with Crippen LogP contribution in [0, 0.1) is 0 Å². The standard InChI is InChI=1S/C5H12OS/c1-4(6)5(2)7-3/h4-6H,1-3H3/t4-,5-/m1/s1. The summed E-state index contributed by atoms with van der Waals surface area (Å²) in [4.78, 5) is 0. The minimum absolute atomic E-state index is 0.171. The fraction of sp³-hybridized carbons (Fsp3) is 1.00. The van der Waals surface area contributed by atoms with Gasteiger partial charge in [0.2, 0.25) is 0 Å². The Morgan fingerprint density at radius 1 is 1.43 bits per heavy atom. The fourth-order valence-electron chi connectivity index (χ4n) is 0.197. The second-order valence-corrected chi connectivity index (χ2v) is 2.90. The monoisotopic (exact) mass is 120 g/mol. The summed E-state index contributed by atoms with van der Waals surface area (Å²) < 4.78 is 0. The van der Waals surface area contributed by atoms with E-state index in [9.17, 15) is 0 Å². The molecule has 0 aromatic heterocycles. The molecule has 0 heterocycles. The Balaban J connectivity index is 3.14. The molecule has 2 atom stereocenters. The highest BCUT2D eigenvalue weighted by Crippen LogP contribution is 2.08. The van der Waals surface area contributed by atoms with E-state index in [1.807, 2.05) is 13.2 Å². The Morgan fingerprint density at radius 3 is 1.86 bits per heavy atom. The number of aliphatic hydroxyl groups is 1. The van der Waals surface area contributed by atoms with Crippen LogP contribution in [0.25, 0.3) is 0 Å². The second-order valence-electron chi connectivity index (χ2n) is 1.68. The van der Waals surface area contributed by atoms with Gasteiger partial charge in [-0.05, 0) is 13.2 Å². The van der Waals surface area contributed by atoms with Crippen LogP contribution in [0.5, 0.6) is 0 Å². The summed E-state index contributed by atoms with van der Waals surface area (Å²) in [5.41, 5.74) is 0. The average Bonchev–Trinajstić information content (AvgIpc) is 1.65. The topological polar surface area (TPSA) is 20.2 Å². The first-order valence-electron chi connectivity index (χ1n) is 2.39. The molecule has 44 valence electrons. The van der Waals surface area contributed by atoms with E-state index in [0.717, 1.165) is 0 Å². The Bertz CT molecular complexity index is 45.3. The molecular weight excluding hydrogens is 108 g/mol. The van der Waals surface area contributed by atoms with Gasteiger partial charge in [0.05, 0.1) is 6.10 Å². The van der Waals surface area contributed by atoms with Crippen LogP contribution in [0.4, 0.5) is 0 Å². The maximum Gasteiger partial charge on any atom is 0.0627 e. The van der Waals surface area contributed by atoms with Gasteiger partial charge in [-0.1, -0.05) is 6.92 Å². The molecule has 0 radical (unpaired) electrons. The van der Waals surface area contributed by atoms with Crippen molar-refractivity contribution in [3.63, 3.8) is 0 Å². The van der Waals surface area contributed by atoms with Crippen molar-refractivity contribution in [1.29, 1.82) is 0 Å². The molecule has 2 heteroatoms. The molecule has 0 saturated carbocycles. The summed E-state index contributed by atoms with van der Waals surface area (Å²) >= 11 is 1.68. The lowest BCUT2D eigenvalue weighted by molar-refractivity contribution is 0.196. The van der Waals surface area contributed by atoms with Gasteiger partial charge in [0.25, 0.3) is 0 Å². The molecule has 0 aromatic rings. The van der Waals surface area contributed by atoms with Crippen LogP contribution >= 0.6 is 11.8 Å². The van der Waals surface area contributed by atoms with Gasteiger partial charge >= 0.3 is 0 Å². The summed E-state index contributed by atoms with van der Waals surface area (Å²) in [6, 6.07) is 0. The molecule has 0 aromatic carbocycles. The van der Waals surface area contributed by atoms with Crippen molar-refractivity contribution >= 4 is 11.8 Å². The lowest BCUT2D eigenvalue weighted by atomic mass is 10.3. The van der Waals surface area contributed by atoms with Crippen LogP contribution < -0.4 is 0 Å². The van der Waals surface area contributed by atoms with Crippen LogP contribution in [0.2, 0.25) is 0 Å². The molecule has 0 spiro atoms. The highest BCUT2D eigenvalue weighted by Gasteiger charge is 2.03. The van der Waals surface area contributed by atoms with E-state index in [-0.39, 0.29) is 6.10 Å². The van der Waals surface area contributed by atoms with E-state index >= 15 is 0 Å². The largest absolute Gasteiger partial charge is 0.392 e. The molecule has 0 unspecified atom stereocenters. The molecule has 1 nitrogen and oxygen atoms in total. The lowest BCUT2D eigenvalue weighted by Crippen LogP contribution is -2.14. The van der Waals surface area contributed by atoms with E-state index < -0.39 is 0 Å². The smallest absolute Gasteiger partial charge is 0.0627 e. The van der Waals surface area contributed by atoms with Crippen molar-refractivity contribution in [3.8, 4) is 0 Å². The number of hydrogen-bond donors (Lipinski definition) is 1. The molecule has 0 saturated heterocycles. The fourth-order valence-corrected chi connectivity index (χ4v) is 0.591. The molecule has 0 aliphatic heterocycles. The van der Waals surface area contributed by atoms with Crippen molar-refractivity contribution in [3.05, 3.63) is 0 Å². The minimum Gasteiger partial charge on any atom is -0.392 e. The summed E-state index contributed by atoms with van der Waals surface area (Å²) in [6.07, 6.45) is 1.83. The van der Waals surface area contributed by atoms with Gasteiger partial charge in [-0.3, -0.25) is 0 Å².